The molecule has 0 aliphatic carbocycles. The Kier molecular flexibility index (Phi) is 3.23. The van der Waals surface area contributed by atoms with Crippen LogP contribution in [0.3, 0.4) is 0 Å². The molecule has 1 saturated heterocycles. The number of benzene rings is 1. The summed E-state index contributed by atoms with van der Waals surface area (Å²) >= 11 is 0. The quantitative estimate of drug-likeness (QED) is 0.753. The lowest BCUT2D eigenvalue weighted by atomic mass is 10.1. The number of nitrogen functional groups attached to an aromatic ring is 1. The second-order valence-electron chi connectivity index (χ2n) is 3.93. The van der Waals surface area contributed by atoms with Gasteiger partial charge in [0, 0.05) is 12.1 Å². The molecule has 0 saturated carbocycles. The largest absolute Gasteiger partial charge is 0.399 e. The smallest absolute Gasteiger partial charge is 0.161 e. The Labute approximate surface area is 90.2 Å². The van der Waals surface area contributed by atoms with Crippen molar-refractivity contribution in [2.75, 3.05) is 18.9 Å². The van der Waals surface area contributed by atoms with E-state index in [2.05, 4.69) is 13.0 Å². The third-order valence-electron chi connectivity index (χ3n) is 2.58. The topological polar surface area (TPSA) is 44.5 Å². The summed E-state index contributed by atoms with van der Waals surface area (Å²) in [6.45, 7) is 3.64. The summed E-state index contributed by atoms with van der Waals surface area (Å²) in [5.41, 5.74) is 9.04. The number of aryl methyl sites for hydroxylation is 1. The minimum absolute atomic E-state index is 0.122. The van der Waals surface area contributed by atoms with Gasteiger partial charge >= 0.3 is 0 Å². The minimum atomic E-state index is -0.122. The van der Waals surface area contributed by atoms with Crippen LogP contribution in [-0.2, 0) is 15.9 Å². The van der Waals surface area contributed by atoms with Crippen LogP contribution in [0.4, 0.5) is 5.69 Å². The molecule has 1 heterocycles. The highest BCUT2D eigenvalue weighted by molar-refractivity contribution is 5.48. The molecule has 2 N–H and O–H groups in total. The van der Waals surface area contributed by atoms with E-state index < -0.39 is 0 Å². The van der Waals surface area contributed by atoms with Crippen LogP contribution in [-0.4, -0.2) is 19.5 Å². The van der Waals surface area contributed by atoms with Crippen molar-refractivity contribution in [2.24, 2.45) is 0 Å². The maximum absolute atomic E-state index is 5.90. The monoisotopic (exact) mass is 207 g/mol. The van der Waals surface area contributed by atoms with Crippen molar-refractivity contribution < 1.29 is 9.47 Å². The predicted octanol–water partition coefficient (Wildman–Crippen LogP) is 1.88. The summed E-state index contributed by atoms with van der Waals surface area (Å²) in [6.07, 6.45) is 1.61. The fourth-order valence-corrected chi connectivity index (χ4v) is 1.75. The minimum Gasteiger partial charge on any atom is -0.399 e. The van der Waals surface area contributed by atoms with Gasteiger partial charge in [-0.05, 0) is 25.0 Å². The second-order valence-corrected chi connectivity index (χ2v) is 3.93. The first kappa shape index (κ1) is 10.5. The van der Waals surface area contributed by atoms with Crippen molar-refractivity contribution in [3.05, 3.63) is 29.3 Å². The Morgan fingerprint density at radius 3 is 2.80 bits per heavy atom. The summed E-state index contributed by atoms with van der Waals surface area (Å²) < 4.78 is 11.0. The van der Waals surface area contributed by atoms with Gasteiger partial charge in [-0.15, -0.1) is 0 Å². The number of ether oxygens (including phenoxy) is 2. The predicted molar refractivity (Wildman–Crippen MR) is 59.6 cm³/mol. The normalized spacial score (nSPS) is 17.9. The average molecular weight is 207 g/mol. The Balaban J connectivity index is 2.05. The van der Waals surface area contributed by atoms with E-state index in [-0.39, 0.29) is 6.29 Å². The van der Waals surface area contributed by atoms with Crippen molar-refractivity contribution in [3.63, 3.8) is 0 Å². The van der Waals surface area contributed by atoms with Gasteiger partial charge in [0.25, 0.3) is 0 Å². The van der Waals surface area contributed by atoms with Crippen LogP contribution in [0.15, 0.2) is 18.2 Å². The maximum atomic E-state index is 5.90. The van der Waals surface area contributed by atoms with Crippen molar-refractivity contribution in [2.45, 2.75) is 26.1 Å². The fraction of sp³-hybridized carbons (Fsp3) is 0.500. The SMILES string of the molecule is Cc1ccc(N)c(CC2OCCCO2)c1. The number of hydrogen-bond acceptors (Lipinski definition) is 3. The number of anilines is 1. The van der Waals surface area contributed by atoms with E-state index in [1.54, 1.807) is 0 Å². The van der Waals surface area contributed by atoms with E-state index >= 15 is 0 Å². The van der Waals surface area contributed by atoms with Crippen molar-refractivity contribution >= 4 is 5.69 Å². The molecule has 3 heteroatoms. The zero-order chi connectivity index (χ0) is 10.7. The first-order valence-corrected chi connectivity index (χ1v) is 5.34. The molecule has 0 radical (unpaired) electrons. The molecule has 3 nitrogen and oxygen atoms in total. The van der Waals surface area contributed by atoms with Gasteiger partial charge < -0.3 is 15.2 Å². The lowest BCUT2D eigenvalue weighted by molar-refractivity contribution is -0.176. The van der Waals surface area contributed by atoms with Crippen molar-refractivity contribution in [3.8, 4) is 0 Å². The Bertz CT molecular complexity index is 332. The molecule has 1 aromatic rings. The van der Waals surface area contributed by atoms with Gasteiger partial charge in [-0.25, -0.2) is 0 Å². The lowest BCUT2D eigenvalue weighted by Gasteiger charge is -2.23. The molecule has 15 heavy (non-hydrogen) atoms. The summed E-state index contributed by atoms with van der Waals surface area (Å²) in [5.74, 6) is 0. The first-order chi connectivity index (χ1) is 7.25. The Hall–Kier alpha value is -1.06. The highest BCUT2D eigenvalue weighted by atomic mass is 16.7. The van der Waals surface area contributed by atoms with Gasteiger partial charge in [0.15, 0.2) is 6.29 Å². The van der Waals surface area contributed by atoms with Gasteiger partial charge in [0.1, 0.15) is 0 Å². The summed E-state index contributed by atoms with van der Waals surface area (Å²) in [6, 6.07) is 6.05. The summed E-state index contributed by atoms with van der Waals surface area (Å²) in [7, 11) is 0. The van der Waals surface area contributed by atoms with E-state index in [0.717, 1.165) is 37.3 Å². The van der Waals surface area contributed by atoms with Gasteiger partial charge in [-0.3, -0.25) is 0 Å². The Morgan fingerprint density at radius 1 is 1.33 bits per heavy atom. The maximum Gasteiger partial charge on any atom is 0.161 e. The molecule has 0 atom stereocenters. The van der Waals surface area contributed by atoms with Crippen LogP contribution in [0.5, 0.6) is 0 Å². The molecular formula is C12H17NO2. The number of hydrogen-bond donors (Lipinski definition) is 1. The third-order valence-corrected chi connectivity index (χ3v) is 2.58. The van der Waals surface area contributed by atoms with E-state index in [0.29, 0.717) is 0 Å². The zero-order valence-electron chi connectivity index (χ0n) is 9.03. The molecule has 0 spiro atoms. The van der Waals surface area contributed by atoms with Crippen LogP contribution >= 0.6 is 0 Å². The highest BCUT2D eigenvalue weighted by Crippen LogP contribution is 2.18. The summed E-state index contributed by atoms with van der Waals surface area (Å²) in [5, 5.41) is 0. The number of rotatable bonds is 2. The first-order valence-electron chi connectivity index (χ1n) is 5.34. The van der Waals surface area contributed by atoms with Crippen LogP contribution in [0.1, 0.15) is 17.5 Å². The molecule has 82 valence electrons. The standard InChI is InChI=1S/C12H17NO2/c1-9-3-4-11(13)10(7-9)8-12-14-5-2-6-15-12/h3-4,7,12H,2,5-6,8,13H2,1H3. The average Bonchev–Trinajstić information content (AvgIpc) is 2.25. The van der Waals surface area contributed by atoms with Crippen LogP contribution in [0.2, 0.25) is 0 Å². The van der Waals surface area contributed by atoms with Crippen LogP contribution < -0.4 is 5.73 Å². The second kappa shape index (κ2) is 4.64. The van der Waals surface area contributed by atoms with Crippen molar-refractivity contribution in [1.29, 1.82) is 0 Å². The van der Waals surface area contributed by atoms with E-state index in [9.17, 15) is 0 Å². The molecule has 1 fully saturated rings. The molecule has 0 aromatic heterocycles. The molecule has 0 unspecified atom stereocenters. The molecule has 1 aliphatic rings. The third kappa shape index (κ3) is 2.70. The number of nitrogens with two attached hydrogens (primary N) is 1. The molecular weight excluding hydrogens is 190 g/mol. The van der Waals surface area contributed by atoms with Gasteiger partial charge in [0.2, 0.25) is 0 Å². The van der Waals surface area contributed by atoms with Crippen LogP contribution in [0, 0.1) is 6.92 Å². The van der Waals surface area contributed by atoms with Gasteiger partial charge in [-0.1, -0.05) is 17.7 Å². The molecule has 0 amide bonds. The zero-order valence-corrected chi connectivity index (χ0v) is 9.03. The lowest BCUT2D eigenvalue weighted by Crippen LogP contribution is -2.27. The highest BCUT2D eigenvalue weighted by Gasteiger charge is 2.15. The van der Waals surface area contributed by atoms with Crippen molar-refractivity contribution in [1.82, 2.24) is 0 Å². The Morgan fingerprint density at radius 2 is 2.07 bits per heavy atom. The summed E-state index contributed by atoms with van der Waals surface area (Å²) in [4.78, 5) is 0. The van der Waals surface area contributed by atoms with E-state index in [4.69, 9.17) is 15.2 Å². The fourth-order valence-electron chi connectivity index (χ4n) is 1.75. The van der Waals surface area contributed by atoms with Gasteiger partial charge in [-0.2, -0.15) is 0 Å². The molecule has 1 aliphatic heterocycles. The van der Waals surface area contributed by atoms with E-state index in [1.807, 2.05) is 12.1 Å². The molecule has 0 bridgehead atoms. The van der Waals surface area contributed by atoms with E-state index in [1.165, 1.54) is 5.56 Å². The van der Waals surface area contributed by atoms with Crippen LogP contribution in [0.25, 0.3) is 0 Å². The van der Waals surface area contributed by atoms with Gasteiger partial charge in [0.05, 0.1) is 13.2 Å². The molecule has 2 rings (SSSR count). The molecule has 1 aromatic carbocycles.